The molecule has 0 bridgehead atoms. The van der Waals surface area contributed by atoms with E-state index in [4.69, 9.17) is 21.6 Å². The Morgan fingerprint density at radius 3 is 2.70 bits per heavy atom. The summed E-state index contributed by atoms with van der Waals surface area (Å²) in [6.45, 7) is 4.12. The van der Waals surface area contributed by atoms with Crippen LogP contribution in [-0.4, -0.2) is 55.6 Å². The Kier molecular flexibility index (Phi) is 6.67. The summed E-state index contributed by atoms with van der Waals surface area (Å²) in [4.78, 5) is 26.6. The molecule has 7 nitrogen and oxygen atoms in total. The monoisotopic (exact) mass is 390 g/mol. The number of amides is 2. The number of nitrogens with one attached hydrogen (secondary N) is 2. The molecule has 2 aliphatic rings. The molecule has 0 aromatic heterocycles. The lowest BCUT2D eigenvalue weighted by Crippen LogP contribution is -2.45. The number of hydrogen-bond acceptors (Lipinski definition) is 5. The highest BCUT2D eigenvalue weighted by Crippen LogP contribution is 2.22. The minimum Gasteiger partial charge on any atom is -0.380 e. The van der Waals surface area contributed by atoms with Gasteiger partial charge in [-0.15, -0.1) is 0 Å². The average Bonchev–Trinajstić information content (AvgIpc) is 3.21. The largest absolute Gasteiger partial charge is 0.380 e. The van der Waals surface area contributed by atoms with E-state index >= 15 is 0 Å². The number of ether oxygens (including phenoxy) is 1. The van der Waals surface area contributed by atoms with Crippen LogP contribution in [-0.2, 0) is 14.3 Å². The van der Waals surface area contributed by atoms with Crippen molar-refractivity contribution >= 4 is 29.1 Å². The third-order valence-corrected chi connectivity index (χ3v) is 5.41. The van der Waals surface area contributed by atoms with Gasteiger partial charge in [-0.05, 0) is 56.5 Å². The van der Waals surface area contributed by atoms with E-state index in [-0.39, 0.29) is 11.3 Å². The Labute approximate surface area is 163 Å². The summed E-state index contributed by atoms with van der Waals surface area (Å²) in [5.41, 5.74) is 0.487. The summed E-state index contributed by atoms with van der Waals surface area (Å²) < 4.78 is 5.44. The summed E-state index contributed by atoms with van der Waals surface area (Å²) in [5.74, 6) is -1.14. The second-order valence-electron chi connectivity index (χ2n) is 6.96. The summed E-state index contributed by atoms with van der Waals surface area (Å²) in [6, 6.07) is 6.99. The predicted octanol–water partition coefficient (Wildman–Crippen LogP) is 1.77. The zero-order valence-electron chi connectivity index (χ0n) is 15.0. The number of hydrogen-bond donors (Lipinski definition) is 2. The first-order valence-corrected chi connectivity index (χ1v) is 9.55. The molecule has 0 aliphatic carbocycles. The standard InChI is InChI=1S/C19H23ClN4O3/c20-15-2-1-14(10-21)17(9-15)23-19(26)18(25)22-11-13-3-6-24(7-4-13)16-5-8-27-12-16/h1-2,9,13,16H,3-8,11-12H2,(H,22,25)(H,23,26)/t16-/m0/s1. The van der Waals surface area contributed by atoms with Crippen LogP contribution < -0.4 is 10.6 Å². The van der Waals surface area contributed by atoms with Crippen LogP contribution in [0.3, 0.4) is 0 Å². The van der Waals surface area contributed by atoms with Crippen LogP contribution >= 0.6 is 11.6 Å². The van der Waals surface area contributed by atoms with Gasteiger partial charge in [0.1, 0.15) is 6.07 Å². The van der Waals surface area contributed by atoms with E-state index in [0.29, 0.717) is 23.5 Å². The van der Waals surface area contributed by atoms with E-state index in [0.717, 1.165) is 45.6 Å². The van der Waals surface area contributed by atoms with Crippen molar-refractivity contribution in [2.24, 2.45) is 5.92 Å². The molecular formula is C19H23ClN4O3. The number of rotatable bonds is 4. The fourth-order valence-electron chi connectivity index (χ4n) is 3.55. The molecule has 2 aliphatic heterocycles. The van der Waals surface area contributed by atoms with Crippen molar-refractivity contribution < 1.29 is 14.3 Å². The molecule has 144 valence electrons. The quantitative estimate of drug-likeness (QED) is 0.764. The maximum absolute atomic E-state index is 12.1. The number of halogens is 1. The zero-order valence-corrected chi connectivity index (χ0v) is 15.8. The number of carbonyl (C=O) groups is 2. The van der Waals surface area contributed by atoms with E-state index in [1.54, 1.807) is 6.07 Å². The second kappa shape index (κ2) is 9.18. The maximum Gasteiger partial charge on any atom is 0.313 e. The third kappa shape index (κ3) is 5.19. The summed E-state index contributed by atoms with van der Waals surface area (Å²) in [5, 5.41) is 14.6. The Hall–Kier alpha value is -2.14. The molecule has 2 N–H and O–H groups in total. The third-order valence-electron chi connectivity index (χ3n) is 5.18. The van der Waals surface area contributed by atoms with E-state index in [1.165, 1.54) is 12.1 Å². The topological polar surface area (TPSA) is 94.5 Å². The molecule has 0 spiro atoms. The molecule has 2 fully saturated rings. The van der Waals surface area contributed by atoms with E-state index in [2.05, 4.69) is 15.5 Å². The molecule has 2 saturated heterocycles. The van der Waals surface area contributed by atoms with Crippen LogP contribution in [0.15, 0.2) is 18.2 Å². The van der Waals surface area contributed by atoms with E-state index < -0.39 is 11.8 Å². The molecule has 2 amide bonds. The minimum absolute atomic E-state index is 0.234. The van der Waals surface area contributed by atoms with Crippen molar-refractivity contribution in [1.82, 2.24) is 10.2 Å². The van der Waals surface area contributed by atoms with Gasteiger partial charge in [0, 0.05) is 24.2 Å². The van der Waals surface area contributed by atoms with Gasteiger partial charge in [0.05, 0.1) is 17.9 Å². The van der Waals surface area contributed by atoms with Crippen molar-refractivity contribution in [1.29, 1.82) is 5.26 Å². The minimum atomic E-state index is -0.797. The van der Waals surface area contributed by atoms with Gasteiger partial charge < -0.3 is 15.4 Å². The Morgan fingerprint density at radius 1 is 1.26 bits per heavy atom. The highest BCUT2D eigenvalue weighted by atomic mass is 35.5. The normalized spacial score (nSPS) is 20.8. The van der Waals surface area contributed by atoms with Crippen LogP contribution in [0.5, 0.6) is 0 Å². The number of benzene rings is 1. The molecule has 3 rings (SSSR count). The van der Waals surface area contributed by atoms with Crippen molar-refractivity contribution in [3.05, 3.63) is 28.8 Å². The van der Waals surface area contributed by atoms with Gasteiger partial charge in [0.2, 0.25) is 0 Å². The van der Waals surface area contributed by atoms with Gasteiger partial charge in [-0.1, -0.05) is 11.6 Å². The predicted molar refractivity (Wildman–Crippen MR) is 101 cm³/mol. The average molecular weight is 391 g/mol. The molecule has 27 heavy (non-hydrogen) atoms. The number of piperidine rings is 1. The van der Waals surface area contributed by atoms with Crippen LogP contribution in [0.2, 0.25) is 5.02 Å². The zero-order chi connectivity index (χ0) is 19.2. The summed E-state index contributed by atoms with van der Waals surface area (Å²) in [6.07, 6.45) is 3.08. The first kappa shape index (κ1) is 19.6. The van der Waals surface area contributed by atoms with Gasteiger partial charge >= 0.3 is 11.8 Å². The lowest BCUT2D eigenvalue weighted by atomic mass is 9.95. The lowest BCUT2D eigenvalue weighted by Gasteiger charge is -2.35. The maximum atomic E-state index is 12.1. The highest BCUT2D eigenvalue weighted by molar-refractivity contribution is 6.40. The molecule has 1 atom stereocenters. The number of nitrogens with zero attached hydrogens (tertiary/aromatic N) is 2. The number of anilines is 1. The Morgan fingerprint density at radius 2 is 2.04 bits per heavy atom. The Balaban J connectivity index is 1.44. The number of carbonyl (C=O) groups excluding carboxylic acids is 2. The van der Waals surface area contributed by atoms with Gasteiger partial charge in [-0.3, -0.25) is 14.5 Å². The van der Waals surface area contributed by atoms with Gasteiger partial charge in [0.15, 0.2) is 0 Å². The molecule has 0 saturated carbocycles. The smallest absolute Gasteiger partial charge is 0.313 e. The molecule has 0 unspecified atom stereocenters. The number of likely N-dealkylation sites (tertiary alicyclic amines) is 1. The van der Waals surface area contributed by atoms with Crippen molar-refractivity contribution in [2.75, 3.05) is 38.2 Å². The van der Waals surface area contributed by atoms with Crippen LogP contribution in [0.4, 0.5) is 5.69 Å². The van der Waals surface area contributed by atoms with Crippen molar-refractivity contribution in [3.63, 3.8) is 0 Å². The van der Waals surface area contributed by atoms with Crippen LogP contribution in [0.25, 0.3) is 0 Å². The molecule has 1 aromatic carbocycles. The fraction of sp³-hybridized carbons (Fsp3) is 0.526. The Bertz CT molecular complexity index is 735. The molecule has 8 heteroatoms. The summed E-state index contributed by atoms with van der Waals surface area (Å²) >= 11 is 5.89. The fourth-order valence-corrected chi connectivity index (χ4v) is 3.72. The van der Waals surface area contributed by atoms with Gasteiger partial charge in [-0.25, -0.2) is 0 Å². The van der Waals surface area contributed by atoms with E-state index in [1.807, 2.05) is 6.07 Å². The number of nitriles is 1. The SMILES string of the molecule is N#Cc1ccc(Cl)cc1NC(=O)C(=O)NCC1CCN([C@H]2CCOC2)CC1. The molecular weight excluding hydrogens is 368 g/mol. The second-order valence-corrected chi connectivity index (χ2v) is 7.40. The first-order valence-electron chi connectivity index (χ1n) is 9.17. The van der Waals surface area contributed by atoms with Gasteiger partial charge in [0.25, 0.3) is 0 Å². The first-order chi connectivity index (χ1) is 13.1. The van der Waals surface area contributed by atoms with Crippen molar-refractivity contribution in [3.8, 4) is 6.07 Å². The molecule has 1 aromatic rings. The highest BCUT2D eigenvalue weighted by Gasteiger charge is 2.28. The van der Waals surface area contributed by atoms with Crippen molar-refractivity contribution in [2.45, 2.75) is 25.3 Å². The molecule has 2 heterocycles. The van der Waals surface area contributed by atoms with Crippen LogP contribution in [0, 0.1) is 17.2 Å². The van der Waals surface area contributed by atoms with E-state index in [9.17, 15) is 9.59 Å². The summed E-state index contributed by atoms with van der Waals surface area (Å²) in [7, 11) is 0. The van der Waals surface area contributed by atoms with Crippen LogP contribution in [0.1, 0.15) is 24.8 Å². The molecule has 0 radical (unpaired) electrons. The van der Waals surface area contributed by atoms with Gasteiger partial charge in [-0.2, -0.15) is 5.26 Å². The lowest BCUT2D eigenvalue weighted by molar-refractivity contribution is -0.136.